The van der Waals surface area contributed by atoms with E-state index in [0.717, 1.165) is 50.2 Å². The molecule has 0 spiro atoms. The highest BCUT2D eigenvalue weighted by molar-refractivity contribution is 8.00. The van der Waals surface area contributed by atoms with Gasteiger partial charge in [-0.1, -0.05) is 193 Å². The minimum atomic E-state index is -4.37. The zero-order chi connectivity index (χ0) is 75.5. The summed E-state index contributed by atoms with van der Waals surface area (Å²) in [5, 5.41) is 0. The van der Waals surface area contributed by atoms with Crippen molar-refractivity contribution in [2.45, 2.75) is 129 Å². The first-order valence-corrected chi connectivity index (χ1v) is 42.9. The lowest BCUT2D eigenvalue weighted by Crippen LogP contribution is -2.06. The number of carbonyl (C=O) groups excluding carboxylic acids is 1. The molecule has 0 amide bonds. The fourth-order valence-electron chi connectivity index (χ4n) is 12.2. The summed E-state index contributed by atoms with van der Waals surface area (Å²) in [6.07, 6.45) is -4.37. The van der Waals surface area contributed by atoms with E-state index in [1.807, 2.05) is 97.2 Å². The van der Waals surface area contributed by atoms with Crippen molar-refractivity contribution in [3.63, 3.8) is 0 Å². The number of rotatable bonds is 21. The maximum absolute atomic E-state index is 13.4. The number of carbonyl (C=O) groups is 1. The second-order valence-corrected chi connectivity index (χ2v) is 36.8. The van der Waals surface area contributed by atoms with Gasteiger partial charge in [0.15, 0.2) is 64.5 Å². The van der Waals surface area contributed by atoms with Gasteiger partial charge in [-0.3, -0.25) is 4.79 Å². The van der Waals surface area contributed by atoms with E-state index in [-0.39, 0.29) is 54.3 Å². The van der Waals surface area contributed by atoms with Crippen molar-refractivity contribution in [1.29, 1.82) is 0 Å². The van der Waals surface area contributed by atoms with E-state index in [1.165, 1.54) is 96.7 Å². The lowest BCUT2D eigenvalue weighted by Gasteiger charge is -2.14. The molecule has 538 valence electrons. The molecule has 0 atom stereocenters. The number of aryl methyl sites for hydroxylation is 4. The Hall–Kier alpha value is -9.99. The van der Waals surface area contributed by atoms with E-state index < -0.39 is 11.7 Å². The van der Waals surface area contributed by atoms with Crippen LogP contribution in [0.4, 0.5) is 13.2 Å². The van der Waals surface area contributed by atoms with E-state index in [4.69, 9.17) is 4.74 Å². The Labute approximate surface area is 663 Å². The van der Waals surface area contributed by atoms with Gasteiger partial charge in [-0.25, -0.2) is 0 Å². The summed E-state index contributed by atoms with van der Waals surface area (Å²) in [6, 6.07) is 134. The van der Waals surface area contributed by atoms with E-state index >= 15 is 0 Å². The van der Waals surface area contributed by atoms with Gasteiger partial charge in [-0.15, -0.1) is 0 Å². The highest BCUT2D eigenvalue weighted by Gasteiger charge is 2.36. The number of alkyl halides is 3. The van der Waals surface area contributed by atoms with Crippen molar-refractivity contribution in [3.8, 4) is 11.5 Å². The first-order valence-electron chi connectivity index (χ1n) is 35.6. The fourth-order valence-corrected chi connectivity index (χ4v) is 23.7. The monoisotopic (exact) mass is 1560 g/mol. The fraction of sp³-hybridized carbons (Fsp3) is 0.0619. The topological polar surface area (TPSA) is 26.3 Å². The lowest BCUT2D eigenvalue weighted by molar-refractivity contribution is -0.139. The van der Waals surface area contributed by atoms with Crippen molar-refractivity contribution >= 4 is 84.6 Å². The Morgan fingerprint density at radius 1 is 0.275 bits per heavy atom. The summed E-state index contributed by atoms with van der Waals surface area (Å²) >= 11 is 4.84. The molecule has 15 aromatic carbocycles. The smallest absolute Gasteiger partial charge is 0.417 e. The molecule has 0 heterocycles. The molecule has 0 saturated heterocycles. The molecule has 0 fully saturated rings. The first kappa shape index (κ1) is 77.2. The van der Waals surface area contributed by atoms with Crippen LogP contribution in [0, 0.1) is 27.7 Å². The van der Waals surface area contributed by atoms with Crippen LogP contribution in [0.3, 0.4) is 0 Å². The number of benzene rings is 15. The molecular weight excluding hydrogens is 1480 g/mol. The zero-order valence-corrected chi connectivity index (χ0v) is 66.5. The molecule has 0 aliphatic heterocycles. The molecule has 0 unspecified atom stereocenters. The van der Waals surface area contributed by atoms with Gasteiger partial charge >= 0.3 is 6.18 Å². The minimum absolute atomic E-state index is 0.0518. The number of hydrogen-bond donors (Lipinski definition) is 0. The Balaban J connectivity index is 0.000000150. The highest BCUT2D eigenvalue weighted by atomic mass is 32.2. The SMILES string of the molecule is CC(=O)c1ccc(Oc2ccc([S+](c3ccccc3)c3ccccc3)cc2C)cc1.Cc1cc([S+](c2ccccc2)c2ccccc2)ccc1Sc1ccc(Sc2ccc([S+](c3ccccc3)c3ccccc3)cc2C)cc1.Cc1cc([S+](c2ccccc2)c2ccccc2)ccc1Sc1ccccc1C(F)(F)F. The van der Waals surface area contributed by atoms with Crippen molar-refractivity contribution in [2.24, 2.45) is 0 Å². The summed E-state index contributed by atoms with van der Waals surface area (Å²) in [5.74, 6) is 1.59. The predicted molar refractivity (Wildman–Crippen MR) is 452 cm³/mol. The van der Waals surface area contributed by atoms with Crippen LogP contribution >= 0.6 is 35.3 Å². The molecule has 109 heavy (non-hydrogen) atoms. The molecule has 0 aromatic heterocycles. The number of halogens is 3. The average Bonchev–Trinajstić information content (AvgIpc) is 0.812. The van der Waals surface area contributed by atoms with Crippen molar-refractivity contribution < 1.29 is 22.7 Å². The molecule has 15 aromatic rings. The predicted octanol–water partition coefficient (Wildman–Crippen LogP) is 28.1. The molecule has 12 heteroatoms. The van der Waals surface area contributed by atoms with Gasteiger partial charge in [-0.2, -0.15) is 13.2 Å². The van der Waals surface area contributed by atoms with Gasteiger partial charge in [-0.05, 0) is 281 Å². The molecule has 0 aliphatic carbocycles. The van der Waals surface area contributed by atoms with Gasteiger partial charge in [0.05, 0.1) is 49.1 Å². The van der Waals surface area contributed by atoms with Gasteiger partial charge in [0.1, 0.15) is 11.5 Å². The maximum Gasteiger partial charge on any atom is 0.417 e. The summed E-state index contributed by atoms with van der Waals surface area (Å²) in [7, 11) is -0.748. The summed E-state index contributed by atoms with van der Waals surface area (Å²) < 4.78 is 46.2. The molecule has 0 N–H and O–H groups in total. The summed E-state index contributed by atoms with van der Waals surface area (Å²) in [5.41, 5.74) is 4.74. The molecule has 2 nitrogen and oxygen atoms in total. The number of hydrogen-bond acceptors (Lipinski definition) is 5. The van der Waals surface area contributed by atoms with Crippen LogP contribution in [0.5, 0.6) is 11.5 Å². The first-order chi connectivity index (χ1) is 53.2. The van der Waals surface area contributed by atoms with Crippen LogP contribution in [0.2, 0.25) is 0 Å². The van der Waals surface area contributed by atoms with Crippen LogP contribution in [-0.2, 0) is 49.8 Å². The van der Waals surface area contributed by atoms with Crippen molar-refractivity contribution in [3.05, 3.63) is 422 Å². The normalized spacial score (nSPS) is 11.2. The minimum Gasteiger partial charge on any atom is -0.457 e. The third kappa shape index (κ3) is 20.3. The number of ether oxygens (including phenoxy) is 1. The number of ketones is 1. The van der Waals surface area contributed by atoms with Gasteiger partial charge in [0, 0.05) is 41.0 Å². The molecule has 0 aliphatic rings. The molecule has 15 rings (SSSR count). The van der Waals surface area contributed by atoms with Crippen LogP contribution in [0.25, 0.3) is 0 Å². The second-order valence-electron chi connectivity index (χ2n) is 25.4. The summed E-state index contributed by atoms with van der Waals surface area (Å²) in [6.45, 7) is 10.1. The van der Waals surface area contributed by atoms with Crippen LogP contribution in [0.1, 0.15) is 45.1 Å². The largest absolute Gasteiger partial charge is 0.457 e. The molecule has 0 radical (unpaired) electrons. The third-order valence-corrected chi connectivity index (χ3v) is 30.0. The second kappa shape index (κ2) is 37.4. The van der Waals surface area contributed by atoms with E-state index in [2.05, 4.69) is 306 Å². The van der Waals surface area contributed by atoms with Gasteiger partial charge in [0.2, 0.25) is 0 Å². The quantitative estimate of drug-likeness (QED) is 0.0528. The zero-order valence-electron chi connectivity index (χ0n) is 60.8. The van der Waals surface area contributed by atoms with E-state index in [1.54, 1.807) is 25.1 Å². The van der Waals surface area contributed by atoms with Crippen molar-refractivity contribution in [2.75, 3.05) is 0 Å². The third-order valence-electron chi connectivity index (χ3n) is 17.5. The number of Topliss-reactive ketones (excluding diaryl/α,β-unsaturated/α-hetero) is 1. The van der Waals surface area contributed by atoms with Gasteiger partial charge in [0.25, 0.3) is 0 Å². The van der Waals surface area contributed by atoms with Crippen LogP contribution < -0.4 is 4.74 Å². The highest BCUT2D eigenvalue weighted by Crippen LogP contribution is 2.44. The van der Waals surface area contributed by atoms with Crippen molar-refractivity contribution in [1.82, 2.24) is 0 Å². The van der Waals surface area contributed by atoms with E-state index in [0.29, 0.717) is 5.56 Å². The van der Waals surface area contributed by atoms with E-state index in [9.17, 15) is 18.0 Å². The Morgan fingerprint density at radius 3 is 0.817 bits per heavy atom. The van der Waals surface area contributed by atoms with Crippen LogP contribution in [0.15, 0.2) is 476 Å². The Kier molecular flexibility index (Phi) is 26.5. The Morgan fingerprint density at radius 2 is 0.541 bits per heavy atom. The molecule has 0 saturated carbocycles. The Bertz CT molecular complexity index is 5130. The summed E-state index contributed by atoms with van der Waals surface area (Å²) in [4.78, 5) is 33.0. The molecular formula is C97H79F3O2S7+4. The van der Waals surface area contributed by atoms with Gasteiger partial charge < -0.3 is 4.74 Å². The van der Waals surface area contributed by atoms with Crippen LogP contribution in [-0.4, -0.2) is 5.78 Å². The lowest BCUT2D eigenvalue weighted by atomic mass is 10.1. The maximum atomic E-state index is 13.4. The molecule has 0 bridgehead atoms. The standard InChI is InChI=1S/C44H36S4.C27H23O2S.C26H20F3S2/c1-33-31-41(47(37-15-7-3-8-16-37)38-17-9-4-10-18-38)27-29-43(33)45-35-23-25-36(26-24-35)46-44-30-28-42(32-34(44)2)48(39-19-11-5-12-20-39)40-21-13-6-14-22-40;1-20-19-26(17-18-27(20)29-23-15-13-22(14-16-23)21(2)28)30(24-9-5-3-6-10-24)25-11-7-4-8-12-25;1-19-18-22(31(20-10-4-2-5-11-20)21-12-6-3-7-13-21)16-17-24(19)30-25-15-9-8-14-23(25)26(27,28)29/h3-32H,1-2H3;3-19H,1-2H3;2-18H,1H3/q+2;2*+1. The average molecular weight is 1560 g/mol.